The Kier molecular flexibility index (Phi) is 18.7. The van der Waals surface area contributed by atoms with E-state index in [1.54, 1.807) is 0 Å². The van der Waals surface area contributed by atoms with E-state index >= 15 is 0 Å². The Hall–Kier alpha value is -2.85. The van der Waals surface area contributed by atoms with Crippen molar-refractivity contribution in [1.29, 1.82) is 0 Å². The Morgan fingerprint density at radius 3 is 1.00 bits per heavy atom. The molecule has 37 heavy (non-hydrogen) atoms. The number of hydrogen-bond donors (Lipinski definition) is 0. The van der Waals surface area contributed by atoms with Crippen molar-refractivity contribution in [2.45, 2.75) is 0 Å². The molecule has 2 aliphatic carbocycles. The average Bonchev–Trinajstić information content (AvgIpc) is 3.67. The molecule has 11 heteroatoms. The first-order valence-electron chi connectivity index (χ1n) is 10.3. The number of carboxylic acid groups (broad SMARTS) is 2. The molecule has 0 aliphatic heterocycles. The fourth-order valence-corrected chi connectivity index (χ4v) is 2.34. The maximum absolute atomic E-state index is 10.5. The van der Waals surface area contributed by atoms with Crippen molar-refractivity contribution in [3.63, 3.8) is 0 Å². The fraction of sp³-hybridized carbons (Fsp3) is 0.154. The summed E-state index contributed by atoms with van der Waals surface area (Å²) in [6.45, 7) is 0. The van der Waals surface area contributed by atoms with Crippen LogP contribution in [0.3, 0.4) is 0 Å². The van der Waals surface area contributed by atoms with E-state index in [4.69, 9.17) is 18.9 Å². The summed E-state index contributed by atoms with van der Waals surface area (Å²) in [6.07, 6.45) is 20.0. The number of pyridine rings is 2. The minimum absolute atomic E-state index is 0. The van der Waals surface area contributed by atoms with Crippen LogP contribution < -0.4 is 29.2 Å². The summed E-state index contributed by atoms with van der Waals surface area (Å²) in [4.78, 5) is 28.5. The molecule has 190 valence electrons. The third-order valence-electron chi connectivity index (χ3n) is 4.03. The normalized spacial score (nSPS) is 13.1. The van der Waals surface area contributed by atoms with Gasteiger partial charge < -0.3 is 38.7 Å². The van der Waals surface area contributed by atoms with Gasteiger partial charge in [0, 0.05) is 12.1 Å². The number of rotatable bonds is 6. The van der Waals surface area contributed by atoms with Crippen molar-refractivity contribution in [3.8, 4) is 23.5 Å². The number of carbonyl (C=O) groups excluding carboxylic acids is 2. The number of ether oxygens (including phenoxy) is 4. The Morgan fingerprint density at radius 1 is 0.541 bits per heavy atom. The zero-order valence-corrected chi connectivity index (χ0v) is 22.3. The molecule has 0 amide bonds. The first kappa shape index (κ1) is 34.2. The molecular formula is C26H26N2O8Ti+2. The second-order valence-corrected chi connectivity index (χ2v) is 6.32. The summed E-state index contributed by atoms with van der Waals surface area (Å²) in [5.74, 6) is -2.10. The molecule has 0 bridgehead atoms. The molecule has 2 aromatic rings. The van der Waals surface area contributed by atoms with E-state index in [-0.39, 0.29) is 44.6 Å². The zero-order chi connectivity index (χ0) is 26.8. The molecule has 10 radical (unpaired) electrons. The van der Waals surface area contributed by atoms with Crippen LogP contribution in [0.1, 0.15) is 20.7 Å². The molecule has 10 nitrogen and oxygen atoms in total. The third kappa shape index (κ3) is 13.3. The van der Waals surface area contributed by atoms with Crippen LogP contribution in [0.4, 0.5) is 0 Å². The van der Waals surface area contributed by atoms with Crippen molar-refractivity contribution in [3.05, 3.63) is 99.6 Å². The zero-order valence-electron chi connectivity index (χ0n) is 20.7. The van der Waals surface area contributed by atoms with Gasteiger partial charge in [-0.1, -0.05) is 0 Å². The van der Waals surface area contributed by atoms with Crippen LogP contribution in [0.15, 0.2) is 24.3 Å². The molecule has 2 aromatic heterocycles. The molecule has 2 saturated carbocycles. The standard InChI is InChI=1S/2C8H9NO4.2C5H5.Ti/c2*1-12-6-4-3-5(8(10)11)7(9-6)13-2;2*1-2-4-5-3-1;/h2*3-4H,1-2H3,(H,10,11);2*1-5H;/q;;;;+4/p-2. The molecule has 4 rings (SSSR count). The van der Waals surface area contributed by atoms with Crippen LogP contribution in [0.25, 0.3) is 0 Å². The molecule has 2 fully saturated rings. The van der Waals surface area contributed by atoms with Crippen LogP contribution >= 0.6 is 0 Å². The first-order valence-corrected chi connectivity index (χ1v) is 10.3. The van der Waals surface area contributed by atoms with Crippen molar-refractivity contribution in [2.75, 3.05) is 28.4 Å². The summed E-state index contributed by atoms with van der Waals surface area (Å²) in [6, 6.07) is 5.49. The van der Waals surface area contributed by atoms with Gasteiger partial charge >= 0.3 is 21.7 Å². The monoisotopic (exact) mass is 542 g/mol. The first-order chi connectivity index (χ1) is 17.4. The predicted octanol–water partition coefficient (Wildman–Crippen LogP) is 0.965. The van der Waals surface area contributed by atoms with E-state index in [0.717, 1.165) is 0 Å². The van der Waals surface area contributed by atoms with Crippen molar-refractivity contribution < 1.29 is 60.5 Å². The number of hydrogen-bond acceptors (Lipinski definition) is 10. The topological polar surface area (TPSA) is 143 Å². The number of aromatic nitrogens is 2. The molecular weight excluding hydrogens is 516 g/mol. The number of nitrogens with zero attached hydrogens (tertiary/aromatic N) is 2. The molecule has 0 atom stereocenters. The van der Waals surface area contributed by atoms with Gasteiger partial charge in [-0.05, 0) is 76.3 Å². The van der Waals surface area contributed by atoms with Gasteiger partial charge in [0.2, 0.25) is 23.5 Å². The number of carbonyl (C=O) groups is 2. The minimum atomic E-state index is -1.33. The summed E-state index contributed by atoms with van der Waals surface area (Å²) < 4.78 is 19.0. The van der Waals surface area contributed by atoms with Gasteiger partial charge in [-0.2, -0.15) is 9.97 Å². The summed E-state index contributed by atoms with van der Waals surface area (Å²) in [5.41, 5.74) is -0.188. The molecule has 2 heterocycles. The second-order valence-electron chi connectivity index (χ2n) is 6.32. The van der Waals surface area contributed by atoms with Gasteiger partial charge in [0.15, 0.2) is 0 Å². The molecule has 0 N–H and O–H groups in total. The summed E-state index contributed by atoms with van der Waals surface area (Å²) in [7, 11) is 5.52. The van der Waals surface area contributed by atoms with Crippen molar-refractivity contribution in [1.82, 2.24) is 9.97 Å². The number of carboxylic acids is 2. The Bertz CT molecular complexity index is 844. The van der Waals surface area contributed by atoms with E-state index in [1.165, 1.54) is 52.7 Å². The maximum atomic E-state index is 10.5. The van der Waals surface area contributed by atoms with Crippen molar-refractivity contribution in [2.24, 2.45) is 0 Å². The Labute approximate surface area is 233 Å². The minimum Gasteiger partial charge on any atom is -0.545 e. The largest absolute Gasteiger partial charge is 4.00 e. The van der Waals surface area contributed by atoms with Crippen LogP contribution in [0.2, 0.25) is 0 Å². The smallest absolute Gasteiger partial charge is 0.545 e. The van der Waals surface area contributed by atoms with Crippen LogP contribution in [-0.4, -0.2) is 50.3 Å². The average molecular weight is 542 g/mol. The Morgan fingerprint density at radius 2 is 0.811 bits per heavy atom. The second kappa shape index (κ2) is 20.2. The third-order valence-corrected chi connectivity index (χ3v) is 4.03. The van der Waals surface area contributed by atoms with Crippen LogP contribution in [-0.2, 0) is 21.7 Å². The SMILES string of the molecule is COc1ccc(C(=O)[O-])c(OC)n1.COc1ccc(C(=O)[O-])c(OC)n1.[CH]1[CH][CH][CH][CH]1.[CH]1[CH][CH][CH][CH]1.[Ti+4]. The van der Waals surface area contributed by atoms with E-state index in [1.807, 2.05) is 64.2 Å². The van der Waals surface area contributed by atoms with Gasteiger partial charge in [-0.3, -0.25) is 0 Å². The molecule has 0 spiro atoms. The van der Waals surface area contributed by atoms with Gasteiger partial charge in [0.25, 0.3) is 0 Å². The summed E-state index contributed by atoms with van der Waals surface area (Å²) in [5, 5.41) is 21.0. The van der Waals surface area contributed by atoms with Crippen molar-refractivity contribution >= 4 is 11.9 Å². The predicted molar refractivity (Wildman–Crippen MR) is 126 cm³/mol. The summed E-state index contributed by atoms with van der Waals surface area (Å²) >= 11 is 0. The van der Waals surface area contributed by atoms with E-state index in [0.29, 0.717) is 11.8 Å². The molecule has 2 aliphatic rings. The van der Waals surface area contributed by atoms with Gasteiger partial charge in [-0.25, -0.2) is 0 Å². The fourth-order valence-electron chi connectivity index (χ4n) is 2.34. The van der Waals surface area contributed by atoms with E-state index in [9.17, 15) is 19.8 Å². The van der Waals surface area contributed by atoms with Gasteiger partial charge in [-0.15, -0.1) is 0 Å². The maximum Gasteiger partial charge on any atom is 4.00 e. The molecule has 0 saturated heterocycles. The van der Waals surface area contributed by atoms with E-state index in [2.05, 4.69) is 9.97 Å². The molecule has 0 unspecified atom stereocenters. The number of methoxy groups -OCH3 is 4. The van der Waals surface area contributed by atoms with Crippen LogP contribution in [0.5, 0.6) is 23.5 Å². The van der Waals surface area contributed by atoms with Gasteiger partial charge in [0.05, 0.1) is 51.5 Å². The van der Waals surface area contributed by atoms with Gasteiger partial charge in [0.1, 0.15) is 0 Å². The Balaban J connectivity index is 0.000000502. The van der Waals surface area contributed by atoms with Crippen LogP contribution in [0, 0.1) is 64.2 Å². The van der Waals surface area contributed by atoms with E-state index < -0.39 is 11.9 Å². The number of aromatic carboxylic acids is 2. The quantitative estimate of drug-likeness (QED) is 0.485. The molecule has 0 aromatic carbocycles.